The third-order valence-electron chi connectivity index (χ3n) is 4.61. The first kappa shape index (κ1) is 18.5. The van der Waals surface area contributed by atoms with E-state index < -0.39 is 16.1 Å². The average Bonchev–Trinajstić information content (AvgIpc) is 2.65. The standard InChI is InChI=1S/C19H20FN3O2S/c1-15-2-8-18(9-3-15)26(24,25)23-12-10-22(11-13-23)19(14-21)16-4-6-17(20)7-5-16/h2-9,19H,10-13H2,1H3/t19-/m0/s1. The first-order valence-corrected chi connectivity index (χ1v) is 9.82. The van der Waals surface area contributed by atoms with E-state index in [9.17, 15) is 18.1 Å². The van der Waals surface area contributed by atoms with E-state index in [1.807, 2.05) is 11.8 Å². The summed E-state index contributed by atoms with van der Waals surface area (Å²) in [5.41, 5.74) is 1.72. The minimum absolute atomic E-state index is 0.284. The van der Waals surface area contributed by atoms with Gasteiger partial charge in [0.15, 0.2) is 0 Å². The lowest BCUT2D eigenvalue weighted by atomic mass is 10.1. The van der Waals surface area contributed by atoms with E-state index in [2.05, 4.69) is 6.07 Å². The van der Waals surface area contributed by atoms with Crippen molar-refractivity contribution in [2.45, 2.75) is 17.9 Å². The fraction of sp³-hybridized carbons (Fsp3) is 0.316. The van der Waals surface area contributed by atoms with Gasteiger partial charge in [0.1, 0.15) is 11.9 Å². The zero-order valence-electron chi connectivity index (χ0n) is 14.5. The normalized spacial score (nSPS) is 17.6. The number of halogens is 1. The summed E-state index contributed by atoms with van der Waals surface area (Å²) in [5.74, 6) is -0.348. The Morgan fingerprint density at radius 2 is 1.58 bits per heavy atom. The van der Waals surface area contributed by atoms with Gasteiger partial charge in [-0.25, -0.2) is 12.8 Å². The number of piperazine rings is 1. The van der Waals surface area contributed by atoms with E-state index in [0.717, 1.165) is 5.56 Å². The molecule has 2 aromatic rings. The molecule has 0 amide bonds. The van der Waals surface area contributed by atoms with Crippen LogP contribution in [0.3, 0.4) is 0 Å². The number of hydrogen-bond acceptors (Lipinski definition) is 4. The first-order chi connectivity index (χ1) is 12.4. The van der Waals surface area contributed by atoms with Crippen molar-refractivity contribution in [2.24, 2.45) is 0 Å². The summed E-state index contributed by atoms with van der Waals surface area (Å²) < 4.78 is 40.1. The smallest absolute Gasteiger partial charge is 0.243 e. The monoisotopic (exact) mass is 373 g/mol. The van der Waals surface area contributed by atoms with Crippen molar-refractivity contribution in [1.29, 1.82) is 5.26 Å². The lowest BCUT2D eigenvalue weighted by molar-refractivity contribution is 0.162. The lowest BCUT2D eigenvalue weighted by Crippen LogP contribution is -2.49. The highest BCUT2D eigenvalue weighted by atomic mass is 32.2. The van der Waals surface area contributed by atoms with Crippen LogP contribution in [0.2, 0.25) is 0 Å². The molecule has 1 aliphatic heterocycles. The predicted molar refractivity (Wildman–Crippen MR) is 96.3 cm³/mol. The average molecular weight is 373 g/mol. The van der Waals surface area contributed by atoms with Crippen molar-refractivity contribution in [3.05, 3.63) is 65.5 Å². The SMILES string of the molecule is Cc1ccc(S(=O)(=O)N2CCN([C@@H](C#N)c3ccc(F)cc3)CC2)cc1. The molecule has 1 atom stereocenters. The van der Waals surface area contributed by atoms with Gasteiger partial charge in [0.2, 0.25) is 10.0 Å². The molecule has 1 heterocycles. The molecule has 0 saturated carbocycles. The molecule has 0 N–H and O–H groups in total. The number of nitrogens with zero attached hydrogens (tertiary/aromatic N) is 3. The van der Waals surface area contributed by atoms with Crippen LogP contribution in [0, 0.1) is 24.1 Å². The fourth-order valence-electron chi connectivity index (χ4n) is 3.07. The van der Waals surface area contributed by atoms with Crippen molar-refractivity contribution in [3.63, 3.8) is 0 Å². The molecule has 0 unspecified atom stereocenters. The highest BCUT2D eigenvalue weighted by molar-refractivity contribution is 7.89. The Morgan fingerprint density at radius 1 is 1.00 bits per heavy atom. The van der Waals surface area contributed by atoms with Crippen LogP contribution in [0.4, 0.5) is 4.39 Å². The van der Waals surface area contributed by atoms with Gasteiger partial charge in [-0.3, -0.25) is 4.90 Å². The van der Waals surface area contributed by atoms with Crippen molar-refractivity contribution < 1.29 is 12.8 Å². The maximum absolute atomic E-state index is 13.1. The zero-order chi connectivity index (χ0) is 18.7. The van der Waals surface area contributed by atoms with Gasteiger partial charge in [-0.1, -0.05) is 29.8 Å². The van der Waals surface area contributed by atoms with Crippen LogP contribution < -0.4 is 0 Å². The fourth-order valence-corrected chi connectivity index (χ4v) is 4.50. The summed E-state index contributed by atoms with van der Waals surface area (Å²) in [7, 11) is -3.53. The molecule has 136 valence electrons. The molecule has 0 aromatic heterocycles. The van der Waals surface area contributed by atoms with Gasteiger partial charge in [-0.15, -0.1) is 0 Å². The van der Waals surface area contributed by atoms with Gasteiger partial charge in [0.05, 0.1) is 11.0 Å². The Hall–Kier alpha value is -2.27. The van der Waals surface area contributed by atoms with Gasteiger partial charge in [0, 0.05) is 26.2 Å². The molecule has 2 aromatic carbocycles. The predicted octanol–water partition coefficient (Wildman–Crippen LogP) is 2.71. The van der Waals surface area contributed by atoms with E-state index >= 15 is 0 Å². The van der Waals surface area contributed by atoms with Crippen molar-refractivity contribution in [3.8, 4) is 6.07 Å². The van der Waals surface area contributed by atoms with Crippen molar-refractivity contribution >= 4 is 10.0 Å². The molecule has 1 saturated heterocycles. The Bertz CT molecular complexity index is 897. The Morgan fingerprint density at radius 3 is 2.12 bits per heavy atom. The van der Waals surface area contributed by atoms with E-state index in [-0.39, 0.29) is 10.7 Å². The second-order valence-corrected chi connectivity index (χ2v) is 8.27. The molecule has 0 radical (unpaired) electrons. The molecule has 26 heavy (non-hydrogen) atoms. The van der Waals surface area contributed by atoms with E-state index in [4.69, 9.17) is 0 Å². The minimum Gasteiger partial charge on any atom is -0.282 e. The number of rotatable bonds is 4. The summed E-state index contributed by atoms with van der Waals surface area (Å²) in [6.07, 6.45) is 0. The third kappa shape index (κ3) is 3.78. The van der Waals surface area contributed by atoms with Crippen LogP contribution in [0.25, 0.3) is 0 Å². The van der Waals surface area contributed by atoms with Crippen LogP contribution in [-0.4, -0.2) is 43.8 Å². The van der Waals surface area contributed by atoms with E-state index in [1.165, 1.54) is 16.4 Å². The second-order valence-electron chi connectivity index (χ2n) is 6.34. The zero-order valence-corrected chi connectivity index (χ0v) is 15.3. The maximum Gasteiger partial charge on any atom is 0.243 e. The largest absolute Gasteiger partial charge is 0.282 e. The Kier molecular flexibility index (Phi) is 5.37. The number of aryl methyl sites for hydroxylation is 1. The quantitative estimate of drug-likeness (QED) is 0.827. The van der Waals surface area contributed by atoms with Gasteiger partial charge in [-0.2, -0.15) is 9.57 Å². The van der Waals surface area contributed by atoms with E-state index in [0.29, 0.717) is 31.7 Å². The van der Waals surface area contributed by atoms with Crippen LogP contribution >= 0.6 is 0 Å². The molecule has 0 aliphatic carbocycles. The van der Waals surface area contributed by atoms with Crippen molar-refractivity contribution in [2.75, 3.05) is 26.2 Å². The van der Waals surface area contributed by atoms with Gasteiger partial charge in [-0.05, 0) is 36.8 Å². The van der Waals surface area contributed by atoms with Crippen molar-refractivity contribution in [1.82, 2.24) is 9.21 Å². The van der Waals surface area contributed by atoms with E-state index in [1.54, 1.807) is 36.4 Å². The lowest BCUT2D eigenvalue weighted by Gasteiger charge is -2.36. The highest BCUT2D eigenvalue weighted by Crippen LogP contribution is 2.24. The number of nitriles is 1. The number of hydrogen-bond donors (Lipinski definition) is 0. The Labute approximate surface area is 153 Å². The summed E-state index contributed by atoms with van der Waals surface area (Å²) >= 11 is 0. The molecule has 3 rings (SSSR count). The summed E-state index contributed by atoms with van der Waals surface area (Å²) in [6.45, 7) is 3.43. The topological polar surface area (TPSA) is 64.4 Å². The van der Waals surface area contributed by atoms with Gasteiger partial charge >= 0.3 is 0 Å². The molecule has 1 fully saturated rings. The maximum atomic E-state index is 13.1. The summed E-state index contributed by atoms with van der Waals surface area (Å²) in [4.78, 5) is 2.21. The second kappa shape index (κ2) is 7.54. The molecule has 5 nitrogen and oxygen atoms in total. The number of sulfonamides is 1. The summed E-state index contributed by atoms with van der Waals surface area (Å²) in [6, 6.07) is 14.4. The minimum atomic E-state index is -3.53. The van der Waals surface area contributed by atoms with Crippen LogP contribution in [0.1, 0.15) is 17.2 Å². The van der Waals surface area contributed by atoms with Crippen LogP contribution in [-0.2, 0) is 10.0 Å². The molecule has 0 spiro atoms. The molecule has 7 heteroatoms. The number of benzene rings is 2. The third-order valence-corrected chi connectivity index (χ3v) is 6.52. The molecular weight excluding hydrogens is 353 g/mol. The first-order valence-electron chi connectivity index (χ1n) is 8.38. The van der Waals surface area contributed by atoms with Crippen LogP contribution in [0.15, 0.2) is 53.4 Å². The summed E-state index contributed by atoms with van der Waals surface area (Å²) in [5, 5.41) is 9.51. The molecular formula is C19H20FN3O2S. The molecule has 0 bridgehead atoms. The molecule has 1 aliphatic rings. The van der Waals surface area contributed by atoms with Gasteiger partial charge in [0.25, 0.3) is 0 Å². The Balaban J connectivity index is 1.71. The highest BCUT2D eigenvalue weighted by Gasteiger charge is 2.31. The van der Waals surface area contributed by atoms with Crippen LogP contribution in [0.5, 0.6) is 0 Å². The van der Waals surface area contributed by atoms with Gasteiger partial charge < -0.3 is 0 Å².